The molecular formula is C18H22N2O2S. The molecule has 0 aliphatic heterocycles. The Bertz CT molecular complexity index is 693. The van der Waals surface area contributed by atoms with Crippen LogP contribution >= 0.6 is 11.3 Å². The molecule has 0 aliphatic carbocycles. The Hall–Kier alpha value is -2.14. The summed E-state index contributed by atoms with van der Waals surface area (Å²) in [5.74, 6) is -0.420. The van der Waals surface area contributed by atoms with Gasteiger partial charge in [-0.1, -0.05) is 37.6 Å². The number of benzene rings is 1. The SMILES string of the molecule is Cc1ccc(NC(=O)[C@H](NC(=O)c2cccs2)C(C)C)c(C)c1. The molecule has 122 valence electrons. The third-order valence-electron chi connectivity index (χ3n) is 3.62. The Morgan fingerprint density at radius 1 is 1.13 bits per heavy atom. The minimum atomic E-state index is -0.578. The predicted molar refractivity (Wildman–Crippen MR) is 95.0 cm³/mol. The molecule has 2 N–H and O–H groups in total. The van der Waals surface area contributed by atoms with Crippen LogP contribution in [0.4, 0.5) is 5.69 Å². The summed E-state index contributed by atoms with van der Waals surface area (Å²) < 4.78 is 0. The standard InChI is InChI=1S/C18H22N2O2S/c1-11(2)16(20-17(21)15-6-5-9-23-15)18(22)19-14-8-7-12(3)10-13(14)4/h5-11,16H,1-4H3,(H,19,22)(H,20,21)/t16-/m1/s1. The second-order valence-electron chi connectivity index (χ2n) is 5.98. The minimum Gasteiger partial charge on any atom is -0.339 e. The Balaban J connectivity index is 2.10. The lowest BCUT2D eigenvalue weighted by molar-refractivity contribution is -0.118. The lowest BCUT2D eigenvalue weighted by atomic mass is 10.0. The van der Waals surface area contributed by atoms with E-state index in [1.54, 1.807) is 6.07 Å². The average molecular weight is 330 g/mol. The van der Waals surface area contributed by atoms with Gasteiger partial charge in [-0.3, -0.25) is 9.59 Å². The van der Waals surface area contributed by atoms with Crippen LogP contribution in [-0.4, -0.2) is 17.9 Å². The number of nitrogens with one attached hydrogen (secondary N) is 2. The summed E-state index contributed by atoms with van der Waals surface area (Å²) in [5, 5.41) is 7.59. The van der Waals surface area contributed by atoms with E-state index in [1.165, 1.54) is 11.3 Å². The summed E-state index contributed by atoms with van der Waals surface area (Å²) in [6.45, 7) is 7.80. The highest BCUT2D eigenvalue weighted by molar-refractivity contribution is 7.12. The Kier molecular flexibility index (Phi) is 5.55. The van der Waals surface area contributed by atoms with Crippen LogP contribution in [0.25, 0.3) is 0 Å². The number of thiophene rings is 1. The maximum Gasteiger partial charge on any atom is 0.262 e. The summed E-state index contributed by atoms with van der Waals surface area (Å²) in [6, 6.07) is 8.85. The van der Waals surface area contributed by atoms with Gasteiger partial charge >= 0.3 is 0 Å². The van der Waals surface area contributed by atoms with Crippen LogP contribution in [-0.2, 0) is 4.79 Å². The molecule has 0 bridgehead atoms. The number of anilines is 1. The van der Waals surface area contributed by atoms with E-state index in [0.717, 1.165) is 16.8 Å². The molecular weight excluding hydrogens is 308 g/mol. The third kappa shape index (κ3) is 4.42. The first-order valence-electron chi connectivity index (χ1n) is 7.61. The topological polar surface area (TPSA) is 58.2 Å². The normalized spacial score (nSPS) is 12.0. The van der Waals surface area contributed by atoms with Crippen molar-refractivity contribution >= 4 is 28.8 Å². The maximum atomic E-state index is 12.6. The summed E-state index contributed by atoms with van der Waals surface area (Å²) >= 11 is 1.36. The van der Waals surface area contributed by atoms with E-state index in [1.807, 2.05) is 57.3 Å². The Labute approximate surface area is 140 Å². The van der Waals surface area contributed by atoms with Gasteiger partial charge in [-0.2, -0.15) is 0 Å². The molecule has 1 aromatic carbocycles. The molecule has 2 aromatic rings. The highest BCUT2D eigenvalue weighted by Crippen LogP contribution is 2.17. The van der Waals surface area contributed by atoms with Crippen LogP contribution in [0.15, 0.2) is 35.7 Å². The summed E-state index contributed by atoms with van der Waals surface area (Å²) in [4.78, 5) is 25.4. The highest BCUT2D eigenvalue weighted by atomic mass is 32.1. The Morgan fingerprint density at radius 2 is 1.87 bits per heavy atom. The second kappa shape index (κ2) is 7.42. The number of carbonyl (C=O) groups excluding carboxylic acids is 2. The van der Waals surface area contributed by atoms with Gasteiger partial charge in [0.05, 0.1) is 4.88 Å². The van der Waals surface area contributed by atoms with Gasteiger partial charge in [-0.25, -0.2) is 0 Å². The summed E-state index contributed by atoms with van der Waals surface area (Å²) in [6.07, 6.45) is 0. The molecule has 0 saturated carbocycles. The van der Waals surface area contributed by atoms with E-state index in [4.69, 9.17) is 0 Å². The van der Waals surface area contributed by atoms with E-state index in [0.29, 0.717) is 4.88 Å². The quantitative estimate of drug-likeness (QED) is 0.877. The molecule has 1 heterocycles. The second-order valence-corrected chi connectivity index (χ2v) is 6.93. The first-order valence-corrected chi connectivity index (χ1v) is 8.49. The molecule has 23 heavy (non-hydrogen) atoms. The molecule has 0 radical (unpaired) electrons. The van der Waals surface area contributed by atoms with Crippen molar-refractivity contribution in [1.82, 2.24) is 5.32 Å². The van der Waals surface area contributed by atoms with Crippen molar-refractivity contribution in [3.05, 3.63) is 51.7 Å². The van der Waals surface area contributed by atoms with Gasteiger partial charge in [0, 0.05) is 5.69 Å². The van der Waals surface area contributed by atoms with Gasteiger partial charge in [0.2, 0.25) is 5.91 Å². The van der Waals surface area contributed by atoms with Crippen LogP contribution in [0.3, 0.4) is 0 Å². The molecule has 0 spiro atoms. The van der Waals surface area contributed by atoms with Gasteiger partial charge in [0.15, 0.2) is 0 Å². The van der Waals surface area contributed by atoms with E-state index >= 15 is 0 Å². The number of hydrogen-bond donors (Lipinski definition) is 2. The fraction of sp³-hybridized carbons (Fsp3) is 0.333. The van der Waals surface area contributed by atoms with Crippen molar-refractivity contribution in [3.63, 3.8) is 0 Å². The highest BCUT2D eigenvalue weighted by Gasteiger charge is 2.25. The average Bonchev–Trinajstić information content (AvgIpc) is 3.01. The molecule has 2 rings (SSSR count). The number of amides is 2. The molecule has 0 saturated heterocycles. The van der Waals surface area contributed by atoms with E-state index in [9.17, 15) is 9.59 Å². The first kappa shape index (κ1) is 17.2. The molecule has 1 atom stereocenters. The van der Waals surface area contributed by atoms with Crippen molar-refractivity contribution in [1.29, 1.82) is 0 Å². The fourth-order valence-electron chi connectivity index (χ4n) is 2.32. The van der Waals surface area contributed by atoms with Gasteiger partial charge < -0.3 is 10.6 Å². The number of rotatable bonds is 5. The fourth-order valence-corrected chi connectivity index (χ4v) is 2.95. The van der Waals surface area contributed by atoms with Crippen molar-refractivity contribution in [2.75, 3.05) is 5.32 Å². The van der Waals surface area contributed by atoms with Crippen molar-refractivity contribution < 1.29 is 9.59 Å². The van der Waals surface area contributed by atoms with Crippen molar-refractivity contribution in [3.8, 4) is 0 Å². The molecule has 0 aliphatic rings. The van der Waals surface area contributed by atoms with Gasteiger partial charge in [0.1, 0.15) is 6.04 Å². The molecule has 2 amide bonds. The number of aryl methyl sites for hydroxylation is 2. The Morgan fingerprint density at radius 3 is 2.43 bits per heavy atom. The van der Waals surface area contributed by atoms with E-state index in [2.05, 4.69) is 10.6 Å². The zero-order valence-electron chi connectivity index (χ0n) is 13.8. The van der Waals surface area contributed by atoms with E-state index < -0.39 is 6.04 Å². The van der Waals surface area contributed by atoms with Crippen LogP contribution in [0.1, 0.15) is 34.6 Å². The predicted octanol–water partition coefficient (Wildman–Crippen LogP) is 3.76. The number of carbonyl (C=O) groups is 2. The van der Waals surface area contributed by atoms with Crippen LogP contribution in [0.5, 0.6) is 0 Å². The van der Waals surface area contributed by atoms with Gasteiger partial charge in [0.25, 0.3) is 5.91 Å². The summed E-state index contributed by atoms with van der Waals surface area (Å²) in [5.41, 5.74) is 2.92. The van der Waals surface area contributed by atoms with Crippen molar-refractivity contribution in [2.24, 2.45) is 5.92 Å². The zero-order valence-corrected chi connectivity index (χ0v) is 14.7. The van der Waals surface area contributed by atoms with Crippen LogP contribution in [0, 0.1) is 19.8 Å². The molecule has 0 unspecified atom stereocenters. The van der Waals surface area contributed by atoms with Gasteiger partial charge in [-0.15, -0.1) is 11.3 Å². The largest absolute Gasteiger partial charge is 0.339 e. The first-order chi connectivity index (χ1) is 10.9. The molecule has 5 heteroatoms. The van der Waals surface area contributed by atoms with Gasteiger partial charge in [-0.05, 0) is 42.8 Å². The molecule has 4 nitrogen and oxygen atoms in total. The summed E-state index contributed by atoms with van der Waals surface area (Å²) in [7, 11) is 0. The van der Waals surface area contributed by atoms with E-state index in [-0.39, 0.29) is 17.7 Å². The van der Waals surface area contributed by atoms with Crippen molar-refractivity contribution in [2.45, 2.75) is 33.7 Å². The molecule has 1 aromatic heterocycles. The minimum absolute atomic E-state index is 0.00957. The lowest BCUT2D eigenvalue weighted by Gasteiger charge is -2.22. The maximum absolute atomic E-state index is 12.6. The third-order valence-corrected chi connectivity index (χ3v) is 4.49. The molecule has 0 fully saturated rings. The monoisotopic (exact) mass is 330 g/mol. The smallest absolute Gasteiger partial charge is 0.262 e. The van der Waals surface area contributed by atoms with Crippen LogP contribution in [0.2, 0.25) is 0 Å². The number of hydrogen-bond acceptors (Lipinski definition) is 3. The zero-order chi connectivity index (χ0) is 17.0. The lowest BCUT2D eigenvalue weighted by Crippen LogP contribution is -2.47. The van der Waals surface area contributed by atoms with Crippen LogP contribution < -0.4 is 10.6 Å².